The Morgan fingerprint density at radius 2 is 1.86 bits per heavy atom. The van der Waals surface area contributed by atoms with E-state index in [1.165, 1.54) is 21.2 Å². The lowest BCUT2D eigenvalue weighted by molar-refractivity contribution is -0.121. The summed E-state index contributed by atoms with van der Waals surface area (Å²) in [6.45, 7) is 7.51. The lowest BCUT2D eigenvalue weighted by Gasteiger charge is -2.17. The summed E-state index contributed by atoms with van der Waals surface area (Å²) in [5.41, 5.74) is 2.48. The molecule has 1 aliphatic rings. The van der Waals surface area contributed by atoms with E-state index in [2.05, 4.69) is 60.5 Å². The van der Waals surface area contributed by atoms with Gasteiger partial charge in [-0.1, -0.05) is 42.0 Å². The number of allylic oxidation sites excluding steroid dienone is 3. The van der Waals surface area contributed by atoms with E-state index in [4.69, 9.17) is 0 Å². The molecule has 2 rings (SSSR count). The van der Waals surface area contributed by atoms with Crippen molar-refractivity contribution in [2.75, 3.05) is 18.0 Å². The first-order chi connectivity index (χ1) is 13.5. The molecule has 4 nitrogen and oxygen atoms in total. The molecule has 0 spiro atoms. The average Bonchev–Trinajstić information content (AvgIpc) is 3.04. The number of amides is 1. The minimum absolute atomic E-state index is 0.102. The monoisotopic (exact) mass is 400 g/mol. The third kappa shape index (κ3) is 7.19. The maximum absolute atomic E-state index is 12.0. The molecule has 1 amide bonds. The Morgan fingerprint density at radius 1 is 1.07 bits per heavy atom. The number of anilines is 1. The Morgan fingerprint density at radius 3 is 2.61 bits per heavy atom. The Kier molecular flexibility index (Phi) is 9.35. The summed E-state index contributed by atoms with van der Waals surface area (Å²) < 4.78 is 0. The van der Waals surface area contributed by atoms with Gasteiger partial charge in [0.15, 0.2) is 0 Å². The number of thioether (sulfide) groups is 1. The van der Waals surface area contributed by atoms with Gasteiger partial charge in [0.05, 0.1) is 10.7 Å². The SMILES string of the molecule is CCN1C(=CC=C(C)CCC(=O)NCCCCCC(C)=O)Sc2ccccc21. The van der Waals surface area contributed by atoms with E-state index in [0.717, 1.165) is 32.2 Å². The molecule has 0 atom stereocenters. The second-order valence-corrected chi connectivity index (χ2v) is 8.26. The van der Waals surface area contributed by atoms with Gasteiger partial charge in [-0.25, -0.2) is 0 Å². The standard InChI is InChI=1S/C23H32N2O2S/c1-4-25-20-11-7-8-12-21(20)28-23(25)16-14-18(2)13-15-22(27)24-17-9-5-6-10-19(3)26/h7-8,11-12,14,16H,4-6,9-10,13,15,17H2,1-3H3,(H,24,27). The fraction of sp³-hybridized carbons (Fsp3) is 0.478. The summed E-state index contributed by atoms with van der Waals surface area (Å²) in [5, 5.41) is 4.21. The molecule has 0 saturated heterocycles. The lowest BCUT2D eigenvalue weighted by atomic mass is 10.1. The molecule has 1 aromatic carbocycles. The second-order valence-electron chi connectivity index (χ2n) is 7.19. The molecule has 1 aromatic rings. The van der Waals surface area contributed by atoms with Crippen LogP contribution in [0.2, 0.25) is 0 Å². The molecule has 0 fully saturated rings. The zero-order chi connectivity index (χ0) is 20.4. The predicted octanol–water partition coefficient (Wildman–Crippen LogP) is 5.45. The fourth-order valence-corrected chi connectivity index (χ4v) is 4.23. The first-order valence-corrected chi connectivity index (χ1v) is 11.0. The molecule has 1 aliphatic heterocycles. The molecule has 0 bridgehead atoms. The second kappa shape index (κ2) is 11.7. The Balaban J connectivity index is 1.72. The number of benzene rings is 1. The predicted molar refractivity (Wildman–Crippen MR) is 119 cm³/mol. The van der Waals surface area contributed by atoms with Crippen molar-refractivity contribution in [1.29, 1.82) is 0 Å². The van der Waals surface area contributed by atoms with Crippen LogP contribution >= 0.6 is 11.8 Å². The minimum atomic E-state index is 0.102. The Hall–Kier alpha value is -2.01. The summed E-state index contributed by atoms with van der Waals surface area (Å²) in [6, 6.07) is 8.47. The van der Waals surface area contributed by atoms with E-state index in [0.29, 0.717) is 19.4 Å². The highest BCUT2D eigenvalue weighted by Crippen LogP contribution is 2.45. The van der Waals surface area contributed by atoms with Gasteiger partial charge in [0.25, 0.3) is 0 Å². The zero-order valence-corrected chi connectivity index (χ0v) is 18.1. The number of hydrogen-bond acceptors (Lipinski definition) is 4. The van der Waals surface area contributed by atoms with Crippen molar-refractivity contribution >= 4 is 29.1 Å². The van der Waals surface area contributed by atoms with Crippen LogP contribution in [0, 0.1) is 0 Å². The van der Waals surface area contributed by atoms with Crippen molar-refractivity contribution in [3.8, 4) is 0 Å². The molecule has 1 N–H and O–H groups in total. The molecule has 28 heavy (non-hydrogen) atoms. The van der Waals surface area contributed by atoms with E-state index in [1.807, 2.05) is 0 Å². The number of carbonyl (C=O) groups excluding carboxylic acids is 2. The number of ketones is 1. The van der Waals surface area contributed by atoms with Gasteiger partial charge in [0, 0.05) is 30.8 Å². The van der Waals surface area contributed by atoms with Crippen LogP contribution in [0.5, 0.6) is 0 Å². The molecular weight excluding hydrogens is 368 g/mol. The number of nitrogens with zero attached hydrogens (tertiary/aromatic N) is 1. The van der Waals surface area contributed by atoms with Gasteiger partial charge in [0.2, 0.25) is 5.91 Å². The topological polar surface area (TPSA) is 49.4 Å². The van der Waals surface area contributed by atoms with Crippen LogP contribution in [0.4, 0.5) is 5.69 Å². The van der Waals surface area contributed by atoms with Crippen LogP contribution in [0.25, 0.3) is 0 Å². The average molecular weight is 401 g/mol. The Bertz CT molecular complexity index is 740. The van der Waals surface area contributed by atoms with Gasteiger partial charge in [-0.05, 0) is 58.2 Å². The maximum atomic E-state index is 12.0. The molecule has 0 aliphatic carbocycles. The summed E-state index contributed by atoms with van der Waals surface area (Å²) in [4.78, 5) is 26.5. The highest BCUT2D eigenvalue weighted by Gasteiger charge is 2.22. The van der Waals surface area contributed by atoms with Gasteiger partial charge >= 0.3 is 0 Å². The van der Waals surface area contributed by atoms with Crippen molar-refractivity contribution < 1.29 is 9.59 Å². The third-order valence-corrected chi connectivity index (χ3v) is 5.87. The van der Waals surface area contributed by atoms with Crippen LogP contribution < -0.4 is 10.2 Å². The van der Waals surface area contributed by atoms with E-state index in [-0.39, 0.29) is 11.7 Å². The Labute approximate surface area is 173 Å². The van der Waals surface area contributed by atoms with E-state index in [9.17, 15) is 9.59 Å². The molecule has 0 unspecified atom stereocenters. The van der Waals surface area contributed by atoms with Crippen LogP contribution in [0.3, 0.4) is 0 Å². The number of carbonyl (C=O) groups is 2. The summed E-state index contributed by atoms with van der Waals surface area (Å²) in [7, 11) is 0. The molecule has 5 heteroatoms. The van der Waals surface area contributed by atoms with Crippen molar-refractivity contribution in [1.82, 2.24) is 5.32 Å². The van der Waals surface area contributed by atoms with E-state index in [1.54, 1.807) is 18.7 Å². The summed E-state index contributed by atoms with van der Waals surface area (Å²) >= 11 is 1.80. The molecule has 0 saturated carbocycles. The van der Waals surface area contributed by atoms with Crippen LogP contribution in [-0.2, 0) is 9.59 Å². The van der Waals surface area contributed by atoms with Crippen LogP contribution in [0.1, 0.15) is 59.3 Å². The highest BCUT2D eigenvalue weighted by molar-refractivity contribution is 8.03. The molecule has 0 aromatic heterocycles. The number of fused-ring (bicyclic) bond motifs is 1. The van der Waals surface area contributed by atoms with Gasteiger partial charge in [-0.3, -0.25) is 4.79 Å². The highest BCUT2D eigenvalue weighted by atomic mass is 32.2. The number of nitrogens with one attached hydrogen (secondary N) is 1. The maximum Gasteiger partial charge on any atom is 0.220 e. The number of para-hydroxylation sites is 1. The van der Waals surface area contributed by atoms with Crippen molar-refractivity contribution in [2.45, 2.75) is 64.2 Å². The normalized spacial score (nSPS) is 15.0. The number of hydrogen-bond donors (Lipinski definition) is 1. The molecule has 152 valence electrons. The van der Waals surface area contributed by atoms with Crippen molar-refractivity contribution in [3.63, 3.8) is 0 Å². The van der Waals surface area contributed by atoms with E-state index < -0.39 is 0 Å². The van der Waals surface area contributed by atoms with Gasteiger partial charge in [-0.2, -0.15) is 0 Å². The third-order valence-electron chi connectivity index (χ3n) is 4.74. The summed E-state index contributed by atoms with van der Waals surface area (Å²) in [5.74, 6) is 0.341. The number of rotatable bonds is 11. The molecule has 1 heterocycles. The quantitative estimate of drug-likeness (QED) is 0.502. The first-order valence-electron chi connectivity index (χ1n) is 10.2. The van der Waals surface area contributed by atoms with Crippen molar-refractivity contribution in [3.05, 3.63) is 47.0 Å². The van der Waals surface area contributed by atoms with Crippen LogP contribution in [0.15, 0.2) is 51.9 Å². The molecular formula is C23H32N2O2S. The summed E-state index contributed by atoms with van der Waals surface area (Å²) in [6.07, 6.45) is 9.06. The number of unbranched alkanes of at least 4 members (excludes halogenated alkanes) is 2. The zero-order valence-electron chi connectivity index (χ0n) is 17.3. The first kappa shape index (κ1) is 22.3. The largest absolute Gasteiger partial charge is 0.356 e. The van der Waals surface area contributed by atoms with Gasteiger partial charge < -0.3 is 15.0 Å². The lowest BCUT2D eigenvalue weighted by Crippen LogP contribution is -2.24. The number of Topliss-reactive ketones (excluding diaryl/α,β-unsaturated/α-hetero) is 1. The molecule has 0 radical (unpaired) electrons. The van der Waals surface area contributed by atoms with Gasteiger partial charge in [0.1, 0.15) is 5.78 Å². The minimum Gasteiger partial charge on any atom is -0.356 e. The smallest absolute Gasteiger partial charge is 0.220 e. The van der Waals surface area contributed by atoms with Gasteiger partial charge in [-0.15, -0.1) is 0 Å². The fourth-order valence-electron chi connectivity index (χ4n) is 3.10. The van der Waals surface area contributed by atoms with Crippen LogP contribution in [-0.4, -0.2) is 24.8 Å². The van der Waals surface area contributed by atoms with Crippen molar-refractivity contribution in [2.24, 2.45) is 0 Å². The van der Waals surface area contributed by atoms with E-state index >= 15 is 0 Å².